The first-order chi connectivity index (χ1) is 12.1. The number of benzene rings is 1. The molecule has 1 aliphatic heterocycles. The number of likely N-dealkylation sites (N-methyl/N-ethyl adjacent to an activating group) is 1. The van der Waals surface area contributed by atoms with Crippen LogP contribution in [0.4, 0.5) is 0 Å². The number of methoxy groups -OCH3 is 2. The second-order valence-electron chi connectivity index (χ2n) is 6.49. The lowest BCUT2D eigenvalue weighted by molar-refractivity contribution is 0.227. The minimum absolute atomic E-state index is 0. The summed E-state index contributed by atoms with van der Waals surface area (Å²) < 4.78 is 16.3. The Balaban J connectivity index is 0.00000182. The van der Waals surface area contributed by atoms with Crippen LogP contribution in [0.5, 0.6) is 11.5 Å². The third-order valence-electron chi connectivity index (χ3n) is 4.77. The quantitative estimate of drug-likeness (QED) is 0.727. The Morgan fingerprint density at radius 2 is 1.85 bits per heavy atom. The van der Waals surface area contributed by atoms with Gasteiger partial charge in [-0.05, 0) is 31.5 Å². The summed E-state index contributed by atoms with van der Waals surface area (Å²) in [5.41, 5.74) is 2.13. The molecule has 0 bridgehead atoms. The Hall–Kier alpha value is -1.47. The second-order valence-corrected chi connectivity index (χ2v) is 6.49. The molecule has 1 unspecified atom stereocenters. The van der Waals surface area contributed by atoms with E-state index >= 15 is 0 Å². The van der Waals surface area contributed by atoms with Gasteiger partial charge in [-0.2, -0.15) is 0 Å². The van der Waals surface area contributed by atoms with Gasteiger partial charge in [0.05, 0.1) is 19.8 Å². The van der Waals surface area contributed by atoms with Crippen molar-refractivity contribution in [3.8, 4) is 11.5 Å². The first kappa shape index (κ1) is 23.6. The van der Waals surface area contributed by atoms with E-state index in [1.807, 2.05) is 6.07 Å². The van der Waals surface area contributed by atoms with Gasteiger partial charge in [-0.1, -0.05) is 6.92 Å². The Labute approximate surface area is 172 Å². The average Bonchev–Trinajstić information content (AvgIpc) is 2.61. The van der Waals surface area contributed by atoms with E-state index in [2.05, 4.69) is 24.1 Å². The van der Waals surface area contributed by atoms with Crippen molar-refractivity contribution in [2.75, 3.05) is 33.9 Å². The van der Waals surface area contributed by atoms with Gasteiger partial charge < -0.3 is 19.2 Å². The highest BCUT2D eigenvalue weighted by Gasteiger charge is 2.24. The molecule has 0 spiro atoms. The van der Waals surface area contributed by atoms with Crippen LogP contribution in [-0.4, -0.2) is 44.8 Å². The van der Waals surface area contributed by atoms with Gasteiger partial charge in [-0.15, -0.1) is 24.8 Å². The van der Waals surface area contributed by atoms with Gasteiger partial charge in [0.15, 0.2) is 11.5 Å². The van der Waals surface area contributed by atoms with Crippen LogP contribution in [0.2, 0.25) is 0 Å². The molecule has 2 heterocycles. The molecule has 27 heavy (non-hydrogen) atoms. The number of hydrogen-bond donors (Lipinski definition) is 1. The minimum Gasteiger partial charge on any atom is -0.493 e. The molecule has 1 atom stereocenters. The first-order valence-electron chi connectivity index (χ1n) is 8.73. The van der Waals surface area contributed by atoms with E-state index in [0.29, 0.717) is 29.7 Å². The topological polar surface area (TPSA) is 63.9 Å². The molecule has 152 valence electrons. The van der Waals surface area contributed by atoms with Crippen LogP contribution in [-0.2, 0) is 13.0 Å². The molecule has 1 aromatic carbocycles. The van der Waals surface area contributed by atoms with E-state index in [4.69, 9.17) is 13.9 Å². The lowest BCUT2D eigenvalue weighted by Gasteiger charge is -2.30. The number of fused-ring (bicyclic) bond motifs is 3. The molecule has 2 aromatic rings. The number of ether oxygens (including phenoxy) is 2. The number of halogens is 2. The summed E-state index contributed by atoms with van der Waals surface area (Å²) >= 11 is 0. The van der Waals surface area contributed by atoms with E-state index in [1.54, 1.807) is 20.3 Å². The summed E-state index contributed by atoms with van der Waals surface area (Å²) in [6.07, 6.45) is 0.825. The van der Waals surface area contributed by atoms with Crippen molar-refractivity contribution >= 4 is 35.8 Å². The first-order valence-corrected chi connectivity index (χ1v) is 8.73. The highest BCUT2D eigenvalue weighted by molar-refractivity contribution is 5.86. The smallest absolute Gasteiger partial charge is 0.341 e. The van der Waals surface area contributed by atoms with Crippen molar-refractivity contribution in [3.05, 3.63) is 33.7 Å². The van der Waals surface area contributed by atoms with E-state index in [1.165, 1.54) is 0 Å². The normalized spacial score (nSPS) is 14.7. The molecular formula is C19H28Cl2N2O4. The predicted molar refractivity (Wildman–Crippen MR) is 112 cm³/mol. The monoisotopic (exact) mass is 418 g/mol. The van der Waals surface area contributed by atoms with Crippen molar-refractivity contribution in [1.82, 2.24) is 10.2 Å². The summed E-state index contributed by atoms with van der Waals surface area (Å²) in [4.78, 5) is 14.8. The fraction of sp³-hybridized carbons (Fsp3) is 0.526. The zero-order valence-electron chi connectivity index (χ0n) is 16.2. The molecule has 3 rings (SSSR count). The summed E-state index contributed by atoms with van der Waals surface area (Å²) in [5, 5.41) is 4.35. The molecule has 1 N–H and O–H groups in total. The average molecular weight is 419 g/mol. The van der Waals surface area contributed by atoms with Gasteiger partial charge in [0.25, 0.3) is 0 Å². The van der Waals surface area contributed by atoms with Crippen LogP contribution in [0.3, 0.4) is 0 Å². The van der Waals surface area contributed by atoms with Crippen LogP contribution >= 0.6 is 24.8 Å². The molecule has 0 fully saturated rings. The molecule has 0 saturated heterocycles. The van der Waals surface area contributed by atoms with E-state index in [-0.39, 0.29) is 30.4 Å². The highest BCUT2D eigenvalue weighted by atomic mass is 35.5. The molecule has 0 amide bonds. The van der Waals surface area contributed by atoms with Gasteiger partial charge >= 0.3 is 5.63 Å². The lowest BCUT2D eigenvalue weighted by atomic mass is 9.97. The highest BCUT2D eigenvalue weighted by Crippen LogP contribution is 2.35. The van der Waals surface area contributed by atoms with E-state index in [0.717, 1.165) is 42.6 Å². The van der Waals surface area contributed by atoms with E-state index < -0.39 is 0 Å². The lowest BCUT2D eigenvalue weighted by Crippen LogP contribution is -2.42. The summed E-state index contributed by atoms with van der Waals surface area (Å²) in [6.45, 7) is 7.67. The molecular weight excluding hydrogens is 391 g/mol. The van der Waals surface area contributed by atoms with Crippen molar-refractivity contribution < 1.29 is 13.9 Å². The summed E-state index contributed by atoms with van der Waals surface area (Å²) in [5.74, 6) is 1.21. The number of nitrogens with one attached hydrogen (secondary N) is 1. The molecule has 1 aromatic heterocycles. The number of hydrogen-bond acceptors (Lipinski definition) is 6. The molecule has 0 saturated carbocycles. The molecule has 8 heteroatoms. The third kappa shape index (κ3) is 4.88. The van der Waals surface area contributed by atoms with Gasteiger partial charge in [-0.25, -0.2) is 4.79 Å². The van der Waals surface area contributed by atoms with Crippen molar-refractivity contribution in [1.29, 1.82) is 0 Å². The van der Waals surface area contributed by atoms with Crippen LogP contribution in [0.15, 0.2) is 21.3 Å². The Morgan fingerprint density at radius 1 is 1.19 bits per heavy atom. The fourth-order valence-electron chi connectivity index (χ4n) is 3.60. The zero-order valence-corrected chi connectivity index (χ0v) is 17.8. The number of nitrogens with zero attached hydrogens (tertiary/aromatic N) is 1. The maximum absolute atomic E-state index is 12.5. The zero-order chi connectivity index (χ0) is 18.0. The van der Waals surface area contributed by atoms with Crippen molar-refractivity contribution in [2.45, 2.75) is 32.9 Å². The third-order valence-corrected chi connectivity index (χ3v) is 4.77. The fourth-order valence-corrected chi connectivity index (χ4v) is 3.60. The van der Waals surface area contributed by atoms with E-state index in [9.17, 15) is 4.79 Å². The van der Waals surface area contributed by atoms with Gasteiger partial charge in [0.2, 0.25) is 0 Å². The molecule has 6 nitrogen and oxygen atoms in total. The van der Waals surface area contributed by atoms with Crippen molar-refractivity contribution in [2.24, 2.45) is 0 Å². The minimum atomic E-state index is -0.254. The maximum Gasteiger partial charge on any atom is 0.341 e. The van der Waals surface area contributed by atoms with Crippen LogP contribution in [0.1, 0.15) is 25.0 Å². The van der Waals surface area contributed by atoms with Gasteiger partial charge in [0.1, 0.15) is 5.58 Å². The second kappa shape index (κ2) is 10.2. The predicted octanol–water partition coefficient (Wildman–Crippen LogP) is 3.01. The SMILES string of the molecule is CCNC(C)CN1CCc2c(c(=O)oc3cc(OC)c(OC)cc23)C1.Cl.Cl. The summed E-state index contributed by atoms with van der Waals surface area (Å²) in [7, 11) is 3.18. The molecule has 1 aliphatic rings. The van der Waals surface area contributed by atoms with Gasteiger partial charge in [-0.3, -0.25) is 4.90 Å². The van der Waals surface area contributed by atoms with Crippen LogP contribution < -0.4 is 20.4 Å². The Morgan fingerprint density at radius 3 is 2.48 bits per heavy atom. The largest absolute Gasteiger partial charge is 0.493 e. The Bertz CT molecular complexity index is 825. The standard InChI is InChI=1S/C19H26N2O4.2ClH/c1-5-20-12(2)10-21-7-6-13-14-8-17(23-3)18(24-4)9-16(14)25-19(22)15(13)11-21;;/h8-9,12,20H,5-7,10-11H2,1-4H3;2*1H. The molecule has 0 aliphatic carbocycles. The maximum atomic E-state index is 12.5. The van der Waals surface area contributed by atoms with Gasteiger partial charge in [0, 0.05) is 37.1 Å². The summed E-state index contributed by atoms with van der Waals surface area (Å²) in [6, 6.07) is 4.03. The number of rotatable bonds is 6. The Kier molecular flexibility index (Phi) is 8.88. The van der Waals surface area contributed by atoms with Crippen LogP contribution in [0.25, 0.3) is 11.0 Å². The molecule has 0 radical (unpaired) electrons. The van der Waals surface area contributed by atoms with Crippen molar-refractivity contribution in [3.63, 3.8) is 0 Å². The van der Waals surface area contributed by atoms with Crippen LogP contribution in [0, 0.1) is 0 Å².